The van der Waals surface area contributed by atoms with E-state index in [0.29, 0.717) is 26.7 Å². The summed E-state index contributed by atoms with van der Waals surface area (Å²) in [4.78, 5) is 23.1. The summed E-state index contributed by atoms with van der Waals surface area (Å²) in [5.41, 5.74) is 0.996. The van der Waals surface area contributed by atoms with E-state index in [-0.39, 0.29) is 18.5 Å². The van der Waals surface area contributed by atoms with Crippen LogP contribution in [0.5, 0.6) is 0 Å². The van der Waals surface area contributed by atoms with Crippen molar-refractivity contribution in [3.8, 4) is 0 Å². The van der Waals surface area contributed by atoms with Crippen LogP contribution in [0.1, 0.15) is 17.7 Å². The van der Waals surface area contributed by atoms with Crippen molar-refractivity contribution >= 4 is 46.6 Å². The van der Waals surface area contributed by atoms with E-state index in [9.17, 15) is 9.59 Å². The summed E-state index contributed by atoms with van der Waals surface area (Å²) in [6, 6.07) is 5.11. The number of halogens is 2. The van der Waals surface area contributed by atoms with E-state index >= 15 is 0 Å². The molecule has 2 heterocycles. The molecule has 0 fully saturated rings. The predicted molar refractivity (Wildman–Crippen MR) is 91.4 cm³/mol. The lowest BCUT2D eigenvalue weighted by Gasteiger charge is -2.15. The van der Waals surface area contributed by atoms with E-state index < -0.39 is 11.5 Å². The molecule has 0 atom stereocenters. The number of benzene rings is 1. The average molecular weight is 385 g/mol. The number of aliphatic carboxylic acids is 1. The predicted octanol–water partition coefficient (Wildman–Crippen LogP) is 2.32. The summed E-state index contributed by atoms with van der Waals surface area (Å²) in [6.45, 7) is 0. The summed E-state index contributed by atoms with van der Waals surface area (Å²) in [6.07, 6.45) is -0.191. The number of carbonyl (C=O) groups is 1. The molecule has 1 aliphatic heterocycles. The summed E-state index contributed by atoms with van der Waals surface area (Å²) in [5, 5.41) is 22.0. The Bertz CT molecular complexity index is 913. The number of hydrogen-bond donors (Lipinski definition) is 1. The van der Waals surface area contributed by atoms with Crippen LogP contribution in [-0.2, 0) is 11.2 Å². The topological polar surface area (TPSA) is 97.4 Å². The molecule has 3 rings (SSSR count). The third-order valence-electron chi connectivity index (χ3n) is 3.26. The van der Waals surface area contributed by atoms with Gasteiger partial charge in [-0.3, -0.25) is 9.59 Å². The van der Waals surface area contributed by atoms with Gasteiger partial charge in [0.25, 0.3) is 5.56 Å². The summed E-state index contributed by atoms with van der Waals surface area (Å²) < 4.78 is 1.15. The number of nitrogens with zero attached hydrogens (tertiary/aromatic N) is 4. The molecule has 0 saturated carbocycles. The summed E-state index contributed by atoms with van der Waals surface area (Å²) in [7, 11) is 0. The lowest BCUT2D eigenvalue weighted by molar-refractivity contribution is -0.136. The van der Waals surface area contributed by atoms with E-state index in [4.69, 9.17) is 28.3 Å². The second-order valence-corrected chi connectivity index (χ2v) is 6.66. The highest BCUT2D eigenvalue weighted by Gasteiger charge is 2.20. The van der Waals surface area contributed by atoms with Crippen molar-refractivity contribution in [1.29, 1.82) is 0 Å². The zero-order chi connectivity index (χ0) is 17.3. The molecule has 0 bridgehead atoms. The second-order valence-electron chi connectivity index (χ2n) is 4.90. The highest BCUT2D eigenvalue weighted by atomic mass is 35.5. The molecule has 2 aromatic rings. The fraction of sp³-hybridized carbons (Fsp3) is 0.214. The zero-order valence-electron chi connectivity index (χ0n) is 12.1. The van der Waals surface area contributed by atoms with Gasteiger partial charge in [0.15, 0.2) is 0 Å². The molecule has 7 nitrogen and oxygen atoms in total. The van der Waals surface area contributed by atoms with Crippen LogP contribution in [0.3, 0.4) is 0 Å². The maximum atomic E-state index is 12.4. The minimum Gasteiger partial charge on any atom is -0.481 e. The number of thioether (sulfide) groups is 1. The fourth-order valence-electron chi connectivity index (χ4n) is 2.06. The van der Waals surface area contributed by atoms with Crippen molar-refractivity contribution in [3.05, 3.63) is 49.9 Å². The van der Waals surface area contributed by atoms with Crippen LogP contribution in [0.4, 0.5) is 0 Å². The van der Waals surface area contributed by atoms with E-state index in [0.717, 1.165) is 10.2 Å². The maximum Gasteiger partial charge on any atom is 0.303 e. The lowest BCUT2D eigenvalue weighted by Crippen LogP contribution is -2.30. The summed E-state index contributed by atoms with van der Waals surface area (Å²) >= 11 is 13.2. The van der Waals surface area contributed by atoms with Crippen molar-refractivity contribution in [2.24, 2.45) is 5.10 Å². The Kier molecular flexibility index (Phi) is 4.88. The minimum atomic E-state index is -1.01. The number of carboxylic acid groups (broad SMARTS) is 1. The number of rotatable bonds is 4. The van der Waals surface area contributed by atoms with Crippen molar-refractivity contribution < 1.29 is 9.90 Å². The van der Waals surface area contributed by atoms with E-state index in [2.05, 4.69) is 15.3 Å². The van der Waals surface area contributed by atoms with Gasteiger partial charge in [-0.15, -0.1) is 10.2 Å². The first kappa shape index (κ1) is 16.9. The maximum absolute atomic E-state index is 12.4. The van der Waals surface area contributed by atoms with E-state index in [1.165, 1.54) is 11.8 Å². The van der Waals surface area contributed by atoms with Crippen LogP contribution in [-0.4, -0.2) is 37.4 Å². The molecule has 1 aromatic heterocycles. The average Bonchev–Trinajstić information content (AvgIpc) is 2.56. The molecule has 0 amide bonds. The Balaban J connectivity index is 2.00. The van der Waals surface area contributed by atoms with Crippen LogP contribution >= 0.6 is 35.0 Å². The Hall–Kier alpha value is -1.90. The van der Waals surface area contributed by atoms with Crippen LogP contribution in [0, 0.1) is 0 Å². The molecule has 0 radical (unpaired) electrons. The molecule has 1 aromatic carbocycles. The third kappa shape index (κ3) is 3.45. The Morgan fingerprint density at radius 3 is 2.79 bits per heavy atom. The summed E-state index contributed by atoms with van der Waals surface area (Å²) in [5.74, 6) is -0.506. The van der Waals surface area contributed by atoms with Gasteiger partial charge in [-0.25, -0.2) is 0 Å². The molecular formula is C14H10Cl2N4O3S. The monoisotopic (exact) mass is 384 g/mol. The van der Waals surface area contributed by atoms with Crippen molar-refractivity contribution in [1.82, 2.24) is 14.9 Å². The van der Waals surface area contributed by atoms with Gasteiger partial charge < -0.3 is 5.11 Å². The highest BCUT2D eigenvalue weighted by Crippen LogP contribution is 2.26. The van der Waals surface area contributed by atoms with E-state index in [1.54, 1.807) is 18.2 Å². The number of carboxylic acids is 1. The van der Waals surface area contributed by atoms with Gasteiger partial charge in [0.2, 0.25) is 5.16 Å². The molecule has 10 heteroatoms. The van der Waals surface area contributed by atoms with Crippen LogP contribution in [0.25, 0.3) is 0 Å². The molecule has 1 aliphatic rings. The Labute approximate surface area is 150 Å². The smallest absolute Gasteiger partial charge is 0.303 e. The van der Waals surface area contributed by atoms with Gasteiger partial charge in [-0.05, 0) is 12.1 Å². The molecule has 0 unspecified atom stereocenters. The van der Waals surface area contributed by atoms with Crippen LogP contribution in [0.15, 0.2) is 33.3 Å². The SMILES string of the molecule is O=C(O)CCc1nnc2n(c1=O)N=C(c1ccc(Cl)c(Cl)c1)CS2. The molecule has 0 saturated heterocycles. The fourth-order valence-corrected chi connectivity index (χ4v) is 3.19. The van der Waals surface area contributed by atoms with Gasteiger partial charge >= 0.3 is 5.97 Å². The number of aromatic nitrogens is 3. The van der Waals surface area contributed by atoms with Crippen LogP contribution in [0.2, 0.25) is 10.0 Å². The number of hydrogen-bond acceptors (Lipinski definition) is 6. The second kappa shape index (κ2) is 6.92. The van der Waals surface area contributed by atoms with Gasteiger partial charge in [0.05, 0.1) is 22.2 Å². The number of fused-ring (bicyclic) bond motifs is 1. The van der Waals surface area contributed by atoms with Gasteiger partial charge in [-0.2, -0.15) is 9.78 Å². The molecule has 1 N–H and O–H groups in total. The lowest BCUT2D eigenvalue weighted by atomic mass is 10.1. The first-order valence-electron chi connectivity index (χ1n) is 6.82. The Morgan fingerprint density at radius 1 is 1.29 bits per heavy atom. The zero-order valence-corrected chi connectivity index (χ0v) is 14.4. The molecule has 0 spiro atoms. The van der Waals surface area contributed by atoms with Crippen molar-refractivity contribution in [2.45, 2.75) is 18.0 Å². The Morgan fingerprint density at radius 2 is 2.08 bits per heavy atom. The highest BCUT2D eigenvalue weighted by molar-refractivity contribution is 7.99. The quantitative estimate of drug-likeness (QED) is 0.868. The first-order valence-corrected chi connectivity index (χ1v) is 8.56. The van der Waals surface area contributed by atoms with E-state index in [1.807, 2.05) is 0 Å². The first-order chi connectivity index (χ1) is 11.5. The van der Waals surface area contributed by atoms with Crippen molar-refractivity contribution in [3.63, 3.8) is 0 Å². The third-order valence-corrected chi connectivity index (χ3v) is 4.93. The molecule has 124 valence electrons. The largest absolute Gasteiger partial charge is 0.481 e. The van der Waals surface area contributed by atoms with Crippen LogP contribution < -0.4 is 5.56 Å². The van der Waals surface area contributed by atoms with Gasteiger partial charge in [-0.1, -0.05) is 41.0 Å². The standard InChI is InChI=1S/C14H10Cl2N4O3S/c15-8-2-1-7(5-9(8)16)11-6-24-14-18-17-10(3-4-12(21)22)13(23)20(14)19-11/h1-2,5H,3-4,6H2,(H,21,22). The molecule has 0 aliphatic carbocycles. The molecule has 24 heavy (non-hydrogen) atoms. The van der Waals surface area contributed by atoms with Crippen molar-refractivity contribution in [2.75, 3.05) is 5.75 Å². The van der Waals surface area contributed by atoms with Gasteiger partial charge in [0.1, 0.15) is 5.69 Å². The molecular weight excluding hydrogens is 375 g/mol. The normalized spacial score (nSPS) is 13.3. The number of aryl methyl sites for hydroxylation is 1. The minimum absolute atomic E-state index is 0.00371. The van der Waals surface area contributed by atoms with Gasteiger partial charge in [0, 0.05) is 17.7 Å².